The minimum absolute atomic E-state index is 0. The van der Waals surface area contributed by atoms with Gasteiger partial charge in [0.25, 0.3) is 5.91 Å². The van der Waals surface area contributed by atoms with Crippen molar-refractivity contribution in [3.05, 3.63) is 58.7 Å². The third-order valence-corrected chi connectivity index (χ3v) is 5.86. The van der Waals surface area contributed by atoms with E-state index in [-0.39, 0.29) is 18.3 Å². The number of aryl methyl sites for hydroxylation is 2. The molecule has 8 heteroatoms. The first kappa shape index (κ1) is 24.8. The molecule has 0 aliphatic carbocycles. The van der Waals surface area contributed by atoms with E-state index >= 15 is 0 Å². The van der Waals surface area contributed by atoms with Gasteiger partial charge in [-0.3, -0.25) is 9.69 Å². The number of amides is 1. The minimum Gasteiger partial charge on any atom is -0.465 e. The van der Waals surface area contributed by atoms with Gasteiger partial charge >= 0.3 is 5.97 Å². The Hall–Kier alpha value is -2.48. The van der Waals surface area contributed by atoms with E-state index in [1.165, 1.54) is 24.0 Å². The van der Waals surface area contributed by atoms with Gasteiger partial charge in [-0.25, -0.2) is 9.78 Å². The van der Waals surface area contributed by atoms with Crippen LogP contribution in [0.15, 0.2) is 36.4 Å². The average molecular weight is 462 g/mol. The van der Waals surface area contributed by atoms with Gasteiger partial charge in [0.15, 0.2) is 5.13 Å². The molecule has 0 fully saturated rings. The van der Waals surface area contributed by atoms with E-state index in [1.807, 2.05) is 21.0 Å². The number of ether oxygens (including phenoxy) is 1. The number of benzene rings is 2. The quantitative estimate of drug-likeness (QED) is 0.476. The van der Waals surface area contributed by atoms with Gasteiger partial charge in [0.2, 0.25) is 0 Å². The molecule has 0 saturated carbocycles. The summed E-state index contributed by atoms with van der Waals surface area (Å²) in [5, 5.41) is 0.694. The summed E-state index contributed by atoms with van der Waals surface area (Å²) in [6.07, 6.45) is 0.826. The number of nitrogens with zero attached hydrogens (tertiary/aromatic N) is 3. The normalized spacial score (nSPS) is 10.8. The average Bonchev–Trinajstić information content (AvgIpc) is 3.14. The first-order valence-corrected chi connectivity index (χ1v) is 10.6. The Bertz CT molecular complexity index is 1060. The maximum atomic E-state index is 13.4. The lowest BCUT2D eigenvalue weighted by Crippen LogP contribution is -2.33. The minimum atomic E-state index is -0.422. The Kier molecular flexibility index (Phi) is 8.56. The van der Waals surface area contributed by atoms with Gasteiger partial charge in [0.05, 0.1) is 22.9 Å². The van der Waals surface area contributed by atoms with Crippen LogP contribution >= 0.6 is 23.7 Å². The molecule has 3 rings (SSSR count). The third kappa shape index (κ3) is 5.81. The highest BCUT2D eigenvalue weighted by Crippen LogP contribution is 2.32. The molecule has 2 aromatic carbocycles. The Balaban J connectivity index is 0.00000341. The lowest BCUT2D eigenvalue weighted by molar-refractivity contribution is 0.0600. The van der Waals surface area contributed by atoms with Crippen LogP contribution in [0.4, 0.5) is 5.13 Å². The van der Waals surface area contributed by atoms with Crippen molar-refractivity contribution in [3.8, 4) is 0 Å². The number of halogens is 1. The second-order valence-corrected chi connectivity index (χ2v) is 8.62. The Morgan fingerprint density at radius 3 is 2.29 bits per heavy atom. The number of aromatic nitrogens is 1. The first-order chi connectivity index (χ1) is 14.3. The van der Waals surface area contributed by atoms with E-state index in [2.05, 4.69) is 24.0 Å². The number of fused-ring (bicyclic) bond motifs is 1. The van der Waals surface area contributed by atoms with Crippen molar-refractivity contribution in [3.63, 3.8) is 0 Å². The number of anilines is 1. The topological polar surface area (TPSA) is 62.7 Å². The Morgan fingerprint density at radius 1 is 1.03 bits per heavy atom. The van der Waals surface area contributed by atoms with E-state index in [9.17, 15) is 9.59 Å². The van der Waals surface area contributed by atoms with Gasteiger partial charge in [-0.2, -0.15) is 0 Å². The molecule has 0 N–H and O–H groups in total. The van der Waals surface area contributed by atoms with E-state index in [0.29, 0.717) is 22.8 Å². The summed E-state index contributed by atoms with van der Waals surface area (Å²) in [5.74, 6) is -0.549. The predicted molar refractivity (Wildman–Crippen MR) is 129 cm³/mol. The number of rotatable bonds is 7. The summed E-state index contributed by atoms with van der Waals surface area (Å²) in [6, 6.07) is 10.8. The Labute approximate surface area is 193 Å². The zero-order valence-corrected chi connectivity index (χ0v) is 20.1. The standard InChI is InChI=1S/C23H27N3O3S.ClH/c1-15-13-16(2)20-19(14-15)30-23(24-20)26(12-6-11-25(3)4)21(27)17-7-9-18(10-8-17)22(28)29-5;/h7-10,13-14H,6,11-12H2,1-5H3;1H. The molecular weight excluding hydrogens is 434 g/mol. The van der Waals surface area contributed by atoms with Crippen molar-refractivity contribution in [1.29, 1.82) is 0 Å². The van der Waals surface area contributed by atoms with Crippen molar-refractivity contribution in [2.24, 2.45) is 0 Å². The molecule has 0 bridgehead atoms. The molecule has 0 aliphatic heterocycles. The molecule has 1 amide bonds. The van der Waals surface area contributed by atoms with Gasteiger partial charge in [0.1, 0.15) is 0 Å². The van der Waals surface area contributed by atoms with Crippen molar-refractivity contribution in [1.82, 2.24) is 9.88 Å². The van der Waals surface area contributed by atoms with Crippen LogP contribution in [-0.4, -0.2) is 56.1 Å². The number of carbonyl (C=O) groups excluding carboxylic acids is 2. The van der Waals surface area contributed by atoms with E-state index in [4.69, 9.17) is 9.72 Å². The van der Waals surface area contributed by atoms with Crippen molar-refractivity contribution < 1.29 is 14.3 Å². The molecule has 0 atom stereocenters. The van der Waals surface area contributed by atoms with Gasteiger partial charge in [-0.05, 0) is 82.4 Å². The summed E-state index contributed by atoms with van der Waals surface area (Å²) in [7, 11) is 5.37. The molecule has 0 unspecified atom stereocenters. The van der Waals surface area contributed by atoms with Crippen LogP contribution in [0.1, 0.15) is 38.3 Å². The van der Waals surface area contributed by atoms with Crippen LogP contribution in [0.2, 0.25) is 0 Å². The van der Waals surface area contributed by atoms with Gasteiger partial charge in [-0.15, -0.1) is 12.4 Å². The van der Waals surface area contributed by atoms with Gasteiger partial charge in [-0.1, -0.05) is 17.4 Å². The van der Waals surface area contributed by atoms with Crippen LogP contribution in [0, 0.1) is 13.8 Å². The maximum Gasteiger partial charge on any atom is 0.337 e. The SMILES string of the molecule is COC(=O)c1ccc(C(=O)N(CCCN(C)C)c2nc3c(C)cc(C)cc3s2)cc1.Cl. The number of hydrogen-bond donors (Lipinski definition) is 0. The number of methoxy groups -OCH3 is 1. The molecule has 0 saturated heterocycles. The molecule has 31 heavy (non-hydrogen) atoms. The number of thiazole rings is 1. The molecule has 3 aromatic rings. The fraction of sp³-hybridized carbons (Fsp3) is 0.348. The summed E-state index contributed by atoms with van der Waals surface area (Å²) in [5.41, 5.74) is 4.15. The molecule has 0 aliphatic rings. The van der Waals surface area contributed by atoms with E-state index < -0.39 is 5.97 Å². The second-order valence-electron chi connectivity index (χ2n) is 7.61. The summed E-state index contributed by atoms with van der Waals surface area (Å²) >= 11 is 1.53. The van der Waals surface area contributed by atoms with E-state index in [1.54, 1.807) is 29.2 Å². The smallest absolute Gasteiger partial charge is 0.337 e. The van der Waals surface area contributed by atoms with Crippen LogP contribution in [-0.2, 0) is 4.74 Å². The first-order valence-electron chi connectivity index (χ1n) is 9.83. The molecule has 6 nitrogen and oxygen atoms in total. The van der Waals surface area contributed by atoms with Crippen molar-refractivity contribution in [2.45, 2.75) is 20.3 Å². The van der Waals surface area contributed by atoms with Crippen LogP contribution in [0.3, 0.4) is 0 Å². The van der Waals surface area contributed by atoms with Crippen molar-refractivity contribution in [2.75, 3.05) is 39.2 Å². The highest BCUT2D eigenvalue weighted by molar-refractivity contribution is 7.22. The van der Waals surface area contributed by atoms with Crippen molar-refractivity contribution >= 4 is 51.0 Å². The largest absolute Gasteiger partial charge is 0.465 e. The number of esters is 1. The highest BCUT2D eigenvalue weighted by Gasteiger charge is 2.22. The lowest BCUT2D eigenvalue weighted by Gasteiger charge is -2.21. The second kappa shape index (κ2) is 10.7. The number of carbonyl (C=O) groups is 2. The predicted octanol–water partition coefficient (Wildman–Crippen LogP) is 4.72. The summed E-state index contributed by atoms with van der Waals surface area (Å²) in [4.78, 5) is 33.7. The zero-order chi connectivity index (χ0) is 21.8. The fourth-order valence-electron chi connectivity index (χ4n) is 3.33. The maximum absolute atomic E-state index is 13.4. The van der Waals surface area contributed by atoms with Gasteiger partial charge in [0, 0.05) is 12.1 Å². The summed E-state index contributed by atoms with van der Waals surface area (Å²) in [6.45, 7) is 5.54. The van der Waals surface area contributed by atoms with Crippen LogP contribution in [0.25, 0.3) is 10.2 Å². The number of hydrogen-bond acceptors (Lipinski definition) is 6. The molecule has 1 aromatic heterocycles. The zero-order valence-electron chi connectivity index (χ0n) is 18.5. The monoisotopic (exact) mass is 461 g/mol. The van der Waals surface area contributed by atoms with Crippen LogP contribution in [0.5, 0.6) is 0 Å². The lowest BCUT2D eigenvalue weighted by atomic mass is 10.1. The van der Waals surface area contributed by atoms with E-state index in [0.717, 1.165) is 28.7 Å². The highest BCUT2D eigenvalue weighted by atomic mass is 35.5. The fourth-order valence-corrected chi connectivity index (χ4v) is 4.49. The third-order valence-electron chi connectivity index (χ3n) is 4.83. The van der Waals surface area contributed by atoms with Gasteiger partial charge < -0.3 is 9.64 Å². The molecule has 0 spiro atoms. The Morgan fingerprint density at radius 2 is 1.68 bits per heavy atom. The molecular formula is C23H28ClN3O3S. The van der Waals surface area contributed by atoms with Crippen LogP contribution < -0.4 is 4.90 Å². The molecule has 1 heterocycles. The summed E-state index contributed by atoms with van der Waals surface area (Å²) < 4.78 is 5.81. The molecule has 0 radical (unpaired) electrons. The molecule has 166 valence electrons.